The molecular formula is C14H20F2N2O. The van der Waals surface area contributed by atoms with Crippen LogP contribution in [0.3, 0.4) is 0 Å². The molecule has 0 aromatic heterocycles. The summed E-state index contributed by atoms with van der Waals surface area (Å²) in [5.74, 6) is -2.82. The normalized spacial score (nSPS) is 21.5. The average Bonchev–Trinajstić information content (AvgIpc) is 2.40. The number of halogens is 2. The predicted octanol–water partition coefficient (Wildman–Crippen LogP) is 1.70. The van der Waals surface area contributed by atoms with Gasteiger partial charge in [0.25, 0.3) is 5.92 Å². The topological polar surface area (TPSA) is 24.5 Å². The number of benzene rings is 1. The summed E-state index contributed by atoms with van der Waals surface area (Å²) >= 11 is 0. The molecule has 0 saturated carbocycles. The lowest BCUT2D eigenvalue weighted by Crippen LogP contribution is -2.49. The van der Waals surface area contributed by atoms with Gasteiger partial charge in [-0.1, -0.05) is 30.3 Å². The van der Waals surface area contributed by atoms with Crippen LogP contribution in [-0.4, -0.2) is 50.8 Å². The Morgan fingerprint density at radius 1 is 1.37 bits per heavy atom. The van der Waals surface area contributed by atoms with Gasteiger partial charge in [0.1, 0.15) is 0 Å². The maximum Gasteiger partial charge on any atom is 0.285 e. The molecule has 0 radical (unpaired) electrons. The molecule has 1 aromatic carbocycles. The van der Waals surface area contributed by atoms with Crippen molar-refractivity contribution in [2.45, 2.75) is 12.0 Å². The van der Waals surface area contributed by atoms with Crippen LogP contribution in [0.4, 0.5) is 8.78 Å². The molecule has 1 fully saturated rings. The molecule has 5 heteroatoms. The summed E-state index contributed by atoms with van der Waals surface area (Å²) in [7, 11) is 1.83. The molecule has 1 saturated heterocycles. The first-order valence-electron chi connectivity index (χ1n) is 6.54. The maximum atomic E-state index is 14.2. The molecular weight excluding hydrogens is 250 g/mol. The molecule has 19 heavy (non-hydrogen) atoms. The summed E-state index contributed by atoms with van der Waals surface area (Å²) < 4.78 is 33.8. The molecule has 1 aliphatic heterocycles. The van der Waals surface area contributed by atoms with Crippen LogP contribution >= 0.6 is 0 Å². The molecule has 0 bridgehead atoms. The molecule has 2 rings (SSSR count). The number of alkyl halides is 2. The van der Waals surface area contributed by atoms with Crippen LogP contribution in [0.25, 0.3) is 0 Å². The second-order valence-corrected chi connectivity index (χ2v) is 4.86. The van der Waals surface area contributed by atoms with Crippen LogP contribution in [-0.2, 0) is 10.7 Å². The summed E-state index contributed by atoms with van der Waals surface area (Å²) in [5, 5.41) is 3.01. The molecule has 106 valence electrons. The van der Waals surface area contributed by atoms with Crippen LogP contribution in [0.1, 0.15) is 5.56 Å². The number of morpholine rings is 1. The van der Waals surface area contributed by atoms with Crippen molar-refractivity contribution in [1.82, 2.24) is 10.2 Å². The highest BCUT2D eigenvalue weighted by Crippen LogP contribution is 2.29. The van der Waals surface area contributed by atoms with Crippen molar-refractivity contribution in [1.29, 1.82) is 0 Å². The first kappa shape index (κ1) is 14.4. The van der Waals surface area contributed by atoms with E-state index in [1.807, 2.05) is 7.05 Å². The molecule has 1 aliphatic rings. The highest BCUT2D eigenvalue weighted by molar-refractivity contribution is 5.20. The number of ether oxygens (including phenoxy) is 1. The van der Waals surface area contributed by atoms with Gasteiger partial charge in [-0.2, -0.15) is 8.78 Å². The molecule has 0 amide bonds. The number of nitrogens with one attached hydrogen (secondary N) is 1. The fraction of sp³-hybridized carbons (Fsp3) is 0.571. The van der Waals surface area contributed by atoms with Crippen molar-refractivity contribution < 1.29 is 13.5 Å². The second kappa shape index (κ2) is 6.41. The molecule has 1 unspecified atom stereocenters. The SMILES string of the molecule is CNCC1CN(CC(F)(F)c2ccccc2)CCO1. The van der Waals surface area contributed by atoms with Gasteiger partial charge in [0.2, 0.25) is 0 Å². The van der Waals surface area contributed by atoms with Crippen molar-refractivity contribution in [3.05, 3.63) is 35.9 Å². The smallest absolute Gasteiger partial charge is 0.285 e. The van der Waals surface area contributed by atoms with E-state index in [-0.39, 0.29) is 18.2 Å². The fourth-order valence-corrected chi connectivity index (χ4v) is 2.33. The van der Waals surface area contributed by atoms with Crippen LogP contribution in [0, 0.1) is 0 Å². The van der Waals surface area contributed by atoms with Crippen molar-refractivity contribution in [2.24, 2.45) is 0 Å². The van der Waals surface area contributed by atoms with Gasteiger partial charge in [0.05, 0.1) is 19.3 Å². The number of hydrogen-bond donors (Lipinski definition) is 1. The zero-order chi connectivity index (χ0) is 13.7. The van der Waals surface area contributed by atoms with E-state index in [1.165, 1.54) is 12.1 Å². The zero-order valence-corrected chi connectivity index (χ0v) is 11.1. The molecule has 1 heterocycles. The standard InChI is InChI=1S/C14H20F2N2O/c1-17-9-13-10-18(7-8-19-13)11-14(15,16)12-5-3-2-4-6-12/h2-6,13,17H,7-11H2,1H3. The van der Waals surface area contributed by atoms with E-state index in [1.54, 1.807) is 23.1 Å². The summed E-state index contributed by atoms with van der Waals surface area (Å²) in [6, 6.07) is 7.99. The largest absolute Gasteiger partial charge is 0.374 e. The maximum absolute atomic E-state index is 14.2. The Kier molecular flexibility index (Phi) is 4.85. The number of nitrogens with zero attached hydrogens (tertiary/aromatic N) is 1. The third kappa shape index (κ3) is 3.96. The Labute approximate surface area is 112 Å². The third-order valence-corrected chi connectivity index (χ3v) is 3.27. The summed E-state index contributed by atoms with van der Waals surface area (Å²) in [6.45, 7) is 2.05. The van der Waals surface area contributed by atoms with Gasteiger partial charge in [-0.3, -0.25) is 4.90 Å². The Hall–Kier alpha value is -1.04. The lowest BCUT2D eigenvalue weighted by molar-refractivity contribution is -0.0829. The Morgan fingerprint density at radius 2 is 2.11 bits per heavy atom. The monoisotopic (exact) mass is 270 g/mol. The highest BCUT2D eigenvalue weighted by Gasteiger charge is 2.35. The Balaban J connectivity index is 1.96. The van der Waals surface area contributed by atoms with E-state index in [2.05, 4.69) is 5.32 Å². The van der Waals surface area contributed by atoms with Gasteiger partial charge >= 0.3 is 0 Å². The minimum atomic E-state index is -2.82. The van der Waals surface area contributed by atoms with Crippen LogP contribution < -0.4 is 5.32 Å². The van der Waals surface area contributed by atoms with Crippen molar-refractivity contribution in [3.8, 4) is 0 Å². The van der Waals surface area contributed by atoms with E-state index in [9.17, 15) is 8.78 Å². The fourth-order valence-electron chi connectivity index (χ4n) is 2.33. The van der Waals surface area contributed by atoms with Crippen LogP contribution in [0.2, 0.25) is 0 Å². The summed E-state index contributed by atoms with van der Waals surface area (Å²) in [4.78, 5) is 1.78. The van der Waals surface area contributed by atoms with Gasteiger partial charge in [-0.05, 0) is 7.05 Å². The predicted molar refractivity (Wildman–Crippen MR) is 70.4 cm³/mol. The van der Waals surface area contributed by atoms with Gasteiger partial charge in [0.15, 0.2) is 0 Å². The Morgan fingerprint density at radius 3 is 2.79 bits per heavy atom. The minimum Gasteiger partial charge on any atom is -0.374 e. The van der Waals surface area contributed by atoms with Crippen LogP contribution in [0.5, 0.6) is 0 Å². The zero-order valence-electron chi connectivity index (χ0n) is 11.1. The first-order chi connectivity index (χ1) is 9.12. The first-order valence-corrected chi connectivity index (χ1v) is 6.54. The lowest BCUT2D eigenvalue weighted by atomic mass is 10.1. The van der Waals surface area contributed by atoms with Gasteiger partial charge in [-0.25, -0.2) is 0 Å². The highest BCUT2D eigenvalue weighted by atomic mass is 19.3. The molecule has 1 atom stereocenters. The number of rotatable bonds is 5. The van der Waals surface area contributed by atoms with Crippen molar-refractivity contribution in [3.63, 3.8) is 0 Å². The molecule has 0 aliphatic carbocycles. The molecule has 3 nitrogen and oxygen atoms in total. The molecule has 1 N–H and O–H groups in total. The van der Waals surface area contributed by atoms with E-state index >= 15 is 0 Å². The van der Waals surface area contributed by atoms with Gasteiger partial charge in [0, 0.05) is 25.2 Å². The average molecular weight is 270 g/mol. The minimum absolute atomic E-state index is 0.00896. The third-order valence-electron chi connectivity index (χ3n) is 3.27. The van der Waals surface area contributed by atoms with E-state index in [4.69, 9.17) is 4.74 Å². The van der Waals surface area contributed by atoms with Gasteiger partial charge < -0.3 is 10.1 Å². The van der Waals surface area contributed by atoms with Gasteiger partial charge in [-0.15, -0.1) is 0 Å². The van der Waals surface area contributed by atoms with Crippen molar-refractivity contribution in [2.75, 3.05) is 39.8 Å². The van der Waals surface area contributed by atoms with Crippen molar-refractivity contribution >= 4 is 0 Å². The lowest BCUT2D eigenvalue weighted by Gasteiger charge is -2.35. The number of hydrogen-bond acceptors (Lipinski definition) is 3. The second-order valence-electron chi connectivity index (χ2n) is 4.86. The van der Waals surface area contributed by atoms with E-state index < -0.39 is 5.92 Å². The van der Waals surface area contributed by atoms with Crippen LogP contribution in [0.15, 0.2) is 30.3 Å². The summed E-state index contributed by atoms with van der Waals surface area (Å²) in [5.41, 5.74) is 0.0756. The van der Waals surface area contributed by atoms with E-state index in [0.717, 1.165) is 0 Å². The van der Waals surface area contributed by atoms with E-state index in [0.29, 0.717) is 26.2 Å². The molecule has 1 aromatic rings. The summed E-state index contributed by atoms with van der Waals surface area (Å²) in [6.07, 6.45) is -0.00896. The Bertz CT molecular complexity index is 384. The quantitative estimate of drug-likeness (QED) is 0.881. The molecule has 0 spiro atoms. The number of likely N-dealkylation sites (N-methyl/N-ethyl adjacent to an activating group) is 1.